The highest BCUT2D eigenvalue weighted by Crippen LogP contribution is 2.23. The molecule has 8 heteroatoms. The van der Waals surface area contributed by atoms with E-state index in [4.69, 9.17) is 0 Å². The summed E-state index contributed by atoms with van der Waals surface area (Å²) in [7, 11) is -3.46. The van der Waals surface area contributed by atoms with Gasteiger partial charge >= 0.3 is 0 Å². The molecule has 2 aromatic rings. The lowest BCUT2D eigenvalue weighted by Gasteiger charge is -2.36. The summed E-state index contributed by atoms with van der Waals surface area (Å²) < 4.78 is 27.0. The van der Waals surface area contributed by atoms with Crippen LogP contribution in [0.15, 0.2) is 59.5 Å². The first kappa shape index (κ1) is 20.7. The number of anilines is 2. The highest BCUT2D eigenvalue weighted by Gasteiger charge is 2.27. The lowest BCUT2D eigenvalue weighted by molar-refractivity contribution is -0.129. The van der Waals surface area contributed by atoms with Crippen molar-refractivity contribution in [2.45, 2.75) is 17.7 Å². The minimum atomic E-state index is -3.46. The van der Waals surface area contributed by atoms with E-state index in [-0.39, 0.29) is 17.3 Å². The molecular formula is C22H28N4O3S. The summed E-state index contributed by atoms with van der Waals surface area (Å²) in [5.41, 5.74) is 1.82. The summed E-state index contributed by atoms with van der Waals surface area (Å²) in [6.45, 7) is 4.27. The van der Waals surface area contributed by atoms with Crippen LogP contribution in [0.25, 0.3) is 0 Å². The summed E-state index contributed by atoms with van der Waals surface area (Å²) in [6.07, 6.45) is 1.81. The molecule has 2 aliphatic heterocycles. The van der Waals surface area contributed by atoms with Gasteiger partial charge in [0, 0.05) is 50.6 Å². The van der Waals surface area contributed by atoms with Crippen molar-refractivity contribution in [2.75, 3.05) is 56.0 Å². The topological polar surface area (TPSA) is 73.0 Å². The summed E-state index contributed by atoms with van der Waals surface area (Å²) in [5.74, 6) is 0.0236. The fraction of sp³-hybridized carbons (Fsp3) is 0.409. The van der Waals surface area contributed by atoms with Crippen LogP contribution in [0.3, 0.4) is 0 Å². The van der Waals surface area contributed by atoms with Gasteiger partial charge in [-0.1, -0.05) is 24.3 Å². The summed E-state index contributed by atoms with van der Waals surface area (Å²) >= 11 is 0. The molecule has 7 nitrogen and oxygen atoms in total. The molecule has 0 atom stereocenters. The minimum absolute atomic E-state index is 0.0236. The maximum Gasteiger partial charge on any atom is 0.243 e. The van der Waals surface area contributed by atoms with Gasteiger partial charge in [0.15, 0.2) is 0 Å². The van der Waals surface area contributed by atoms with Crippen molar-refractivity contribution < 1.29 is 13.2 Å². The molecule has 2 saturated heterocycles. The van der Waals surface area contributed by atoms with Gasteiger partial charge in [-0.2, -0.15) is 4.31 Å². The van der Waals surface area contributed by atoms with Crippen molar-refractivity contribution in [2.24, 2.45) is 0 Å². The van der Waals surface area contributed by atoms with E-state index in [2.05, 4.69) is 22.3 Å². The monoisotopic (exact) mass is 428 g/mol. The Kier molecular flexibility index (Phi) is 6.24. The van der Waals surface area contributed by atoms with Crippen LogP contribution in [0.1, 0.15) is 12.8 Å². The number of carbonyl (C=O) groups is 1. The standard InChI is InChI=1S/C22H28N4O3S/c27-22(25-15-13-24(14-16-25)20-8-2-1-3-9-20)18-23-19-7-6-10-21(17-19)30(28,29)26-11-4-5-12-26/h1-3,6-10,17,23H,4-5,11-16,18H2. The second kappa shape index (κ2) is 9.06. The Balaban J connectivity index is 1.31. The molecule has 1 amide bonds. The number of sulfonamides is 1. The number of hydrogen-bond donors (Lipinski definition) is 1. The Labute approximate surface area is 178 Å². The molecule has 1 N–H and O–H groups in total. The number of rotatable bonds is 6. The van der Waals surface area contributed by atoms with Crippen LogP contribution in [0.5, 0.6) is 0 Å². The Morgan fingerprint density at radius 3 is 2.27 bits per heavy atom. The van der Waals surface area contributed by atoms with Gasteiger partial charge in [0.05, 0.1) is 11.4 Å². The van der Waals surface area contributed by atoms with Crippen LogP contribution in [0.2, 0.25) is 0 Å². The Hall–Kier alpha value is -2.58. The molecule has 30 heavy (non-hydrogen) atoms. The summed E-state index contributed by atoms with van der Waals surface area (Å²) in [4.78, 5) is 17.0. The molecule has 0 unspecified atom stereocenters. The maximum atomic E-state index is 12.7. The number of amides is 1. The van der Waals surface area contributed by atoms with E-state index in [9.17, 15) is 13.2 Å². The molecule has 4 rings (SSSR count). The van der Waals surface area contributed by atoms with Crippen LogP contribution >= 0.6 is 0 Å². The van der Waals surface area contributed by atoms with Crippen LogP contribution < -0.4 is 10.2 Å². The highest BCUT2D eigenvalue weighted by molar-refractivity contribution is 7.89. The van der Waals surface area contributed by atoms with Crippen molar-refractivity contribution >= 4 is 27.3 Å². The molecule has 2 heterocycles. The Morgan fingerprint density at radius 1 is 0.867 bits per heavy atom. The van der Waals surface area contributed by atoms with Gasteiger partial charge in [0.2, 0.25) is 15.9 Å². The number of nitrogens with one attached hydrogen (secondary N) is 1. The van der Waals surface area contributed by atoms with Crippen molar-refractivity contribution in [1.82, 2.24) is 9.21 Å². The van der Waals surface area contributed by atoms with Gasteiger partial charge in [-0.15, -0.1) is 0 Å². The SMILES string of the molecule is O=C(CNc1cccc(S(=O)(=O)N2CCCC2)c1)N1CCN(c2ccccc2)CC1. The van der Waals surface area contributed by atoms with E-state index >= 15 is 0 Å². The second-order valence-electron chi connectivity index (χ2n) is 7.70. The van der Waals surface area contributed by atoms with E-state index in [1.54, 1.807) is 24.3 Å². The van der Waals surface area contributed by atoms with Crippen LogP contribution in [-0.2, 0) is 14.8 Å². The Bertz CT molecular complexity index is 967. The molecule has 0 saturated carbocycles. The molecular weight excluding hydrogens is 400 g/mol. The molecule has 2 aliphatic rings. The van der Waals surface area contributed by atoms with E-state index in [1.807, 2.05) is 23.1 Å². The maximum absolute atomic E-state index is 12.7. The van der Waals surface area contributed by atoms with Gasteiger partial charge in [0.25, 0.3) is 0 Å². The second-order valence-corrected chi connectivity index (χ2v) is 9.63. The first-order valence-electron chi connectivity index (χ1n) is 10.5. The lowest BCUT2D eigenvalue weighted by atomic mass is 10.2. The van der Waals surface area contributed by atoms with E-state index in [1.165, 1.54) is 9.99 Å². The van der Waals surface area contributed by atoms with Gasteiger partial charge < -0.3 is 15.1 Å². The van der Waals surface area contributed by atoms with Crippen molar-refractivity contribution in [1.29, 1.82) is 0 Å². The predicted molar refractivity (Wildman–Crippen MR) is 118 cm³/mol. The van der Waals surface area contributed by atoms with Gasteiger partial charge in [0.1, 0.15) is 0 Å². The normalized spacial score (nSPS) is 17.9. The molecule has 0 aliphatic carbocycles. The van der Waals surface area contributed by atoms with Gasteiger partial charge in [-0.05, 0) is 43.2 Å². The molecule has 2 aromatic carbocycles. The van der Waals surface area contributed by atoms with E-state index in [0.717, 1.165) is 25.9 Å². The summed E-state index contributed by atoms with van der Waals surface area (Å²) in [6, 6.07) is 17.0. The molecule has 0 radical (unpaired) electrons. The van der Waals surface area contributed by atoms with Crippen molar-refractivity contribution in [3.8, 4) is 0 Å². The molecule has 0 bridgehead atoms. The average molecular weight is 429 g/mol. The van der Waals surface area contributed by atoms with Crippen LogP contribution in [0.4, 0.5) is 11.4 Å². The number of carbonyl (C=O) groups excluding carboxylic acids is 1. The quantitative estimate of drug-likeness (QED) is 0.764. The minimum Gasteiger partial charge on any atom is -0.376 e. The highest BCUT2D eigenvalue weighted by atomic mass is 32.2. The molecule has 2 fully saturated rings. The number of benzene rings is 2. The van der Waals surface area contributed by atoms with Crippen LogP contribution in [0, 0.1) is 0 Å². The van der Waals surface area contributed by atoms with E-state index < -0.39 is 10.0 Å². The van der Waals surface area contributed by atoms with Gasteiger partial charge in [-0.3, -0.25) is 4.79 Å². The number of para-hydroxylation sites is 1. The molecule has 0 aromatic heterocycles. The third-order valence-electron chi connectivity index (χ3n) is 5.73. The fourth-order valence-electron chi connectivity index (χ4n) is 3.99. The number of nitrogens with zero attached hydrogens (tertiary/aromatic N) is 3. The average Bonchev–Trinajstić information content (AvgIpc) is 3.34. The number of hydrogen-bond acceptors (Lipinski definition) is 5. The third kappa shape index (κ3) is 4.60. The first-order valence-corrected chi connectivity index (χ1v) is 11.9. The first-order chi connectivity index (χ1) is 14.5. The van der Waals surface area contributed by atoms with Crippen molar-refractivity contribution in [3.05, 3.63) is 54.6 Å². The zero-order chi connectivity index (χ0) is 21.0. The smallest absolute Gasteiger partial charge is 0.243 e. The fourth-order valence-corrected chi connectivity index (χ4v) is 5.55. The zero-order valence-electron chi connectivity index (χ0n) is 17.0. The predicted octanol–water partition coefficient (Wildman–Crippen LogP) is 2.23. The Morgan fingerprint density at radius 2 is 1.57 bits per heavy atom. The van der Waals surface area contributed by atoms with Crippen LogP contribution in [-0.4, -0.2) is 69.3 Å². The van der Waals surface area contributed by atoms with E-state index in [0.29, 0.717) is 31.9 Å². The summed E-state index contributed by atoms with van der Waals surface area (Å²) in [5, 5.41) is 3.10. The number of piperazine rings is 1. The molecule has 160 valence electrons. The lowest BCUT2D eigenvalue weighted by Crippen LogP contribution is -2.50. The molecule has 0 spiro atoms. The third-order valence-corrected chi connectivity index (χ3v) is 7.63. The van der Waals surface area contributed by atoms with Gasteiger partial charge in [-0.25, -0.2) is 8.42 Å². The zero-order valence-corrected chi connectivity index (χ0v) is 17.9. The largest absolute Gasteiger partial charge is 0.376 e. The van der Waals surface area contributed by atoms with Crippen molar-refractivity contribution in [3.63, 3.8) is 0 Å².